The largest absolute Gasteiger partial charge is 0.419 e. The fourth-order valence-electron chi connectivity index (χ4n) is 3.03. The number of H-pyrrole nitrogens is 1. The number of piperazine rings is 1. The fourth-order valence-corrected chi connectivity index (χ4v) is 3.84. The lowest BCUT2D eigenvalue weighted by atomic mass is 10.2. The van der Waals surface area contributed by atoms with Crippen molar-refractivity contribution in [1.82, 2.24) is 0 Å². The summed E-state index contributed by atoms with van der Waals surface area (Å²) in [4.78, 5) is 29.2. The van der Waals surface area contributed by atoms with Crippen LogP contribution in [0.1, 0.15) is 15.9 Å². The van der Waals surface area contributed by atoms with E-state index < -0.39 is 17.6 Å². The highest BCUT2D eigenvalue weighted by molar-refractivity contribution is 7.14. The second-order valence-electron chi connectivity index (χ2n) is 6.45. The van der Waals surface area contributed by atoms with Crippen LogP contribution in [-0.2, 0) is 11.0 Å². The molecule has 1 aliphatic rings. The lowest BCUT2D eigenvalue weighted by molar-refractivity contribution is -0.892. The average Bonchev–Trinajstić information content (AvgIpc) is 3.10. The molecule has 150 valence electrons. The van der Waals surface area contributed by atoms with Gasteiger partial charge in [0.15, 0.2) is 6.54 Å². The number of pyridine rings is 1. The number of quaternary nitrogens is 1. The molecule has 0 aliphatic carbocycles. The molecule has 2 aromatic rings. The number of nitrogens with zero attached hydrogens (tertiary/aromatic N) is 1. The van der Waals surface area contributed by atoms with E-state index in [1.807, 2.05) is 4.90 Å². The molecule has 3 rings (SSSR count). The molecule has 28 heavy (non-hydrogen) atoms. The van der Waals surface area contributed by atoms with Gasteiger partial charge in [-0.1, -0.05) is 0 Å². The average molecular weight is 415 g/mol. The van der Waals surface area contributed by atoms with Crippen molar-refractivity contribution < 1.29 is 32.6 Å². The predicted molar refractivity (Wildman–Crippen MR) is 97.2 cm³/mol. The summed E-state index contributed by atoms with van der Waals surface area (Å²) in [5.74, 6) is -0.194. The van der Waals surface area contributed by atoms with Gasteiger partial charge in [-0.3, -0.25) is 14.5 Å². The summed E-state index contributed by atoms with van der Waals surface area (Å²) in [5.41, 5.74) is 4.83. The number of carbonyl (C=O) groups is 2. The summed E-state index contributed by atoms with van der Waals surface area (Å²) >= 11 is 1.23. The van der Waals surface area contributed by atoms with Gasteiger partial charge in [0.1, 0.15) is 37.4 Å². The Bertz CT molecular complexity index is 845. The van der Waals surface area contributed by atoms with Crippen molar-refractivity contribution in [1.29, 1.82) is 0 Å². The Kier molecular flexibility index (Phi) is 5.84. The summed E-state index contributed by atoms with van der Waals surface area (Å²) in [6, 6.07) is 4.04. The quantitative estimate of drug-likeness (QED) is 0.643. The van der Waals surface area contributed by atoms with Gasteiger partial charge in [-0.25, -0.2) is 4.98 Å². The highest BCUT2D eigenvalue weighted by Crippen LogP contribution is 2.28. The minimum absolute atomic E-state index is 0.213. The maximum absolute atomic E-state index is 12.6. The van der Waals surface area contributed by atoms with Crippen LogP contribution < -0.4 is 25.8 Å². The van der Waals surface area contributed by atoms with E-state index in [1.54, 1.807) is 11.4 Å². The number of thiophene rings is 1. The highest BCUT2D eigenvalue weighted by Gasteiger charge is 2.33. The van der Waals surface area contributed by atoms with Crippen molar-refractivity contribution in [2.75, 3.05) is 42.9 Å². The van der Waals surface area contributed by atoms with Crippen molar-refractivity contribution in [2.24, 2.45) is 5.73 Å². The zero-order valence-electron chi connectivity index (χ0n) is 14.8. The first-order chi connectivity index (χ1) is 13.2. The lowest BCUT2D eigenvalue weighted by Gasteiger charge is -2.27. The van der Waals surface area contributed by atoms with E-state index >= 15 is 0 Å². The molecule has 7 nitrogen and oxygen atoms in total. The van der Waals surface area contributed by atoms with Crippen molar-refractivity contribution >= 4 is 34.0 Å². The Hall–Kier alpha value is -2.66. The van der Waals surface area contributed by atoms with Gasteiger partial charge in [0.25, 0.3) is 17.6 Å². The molecule has 0 atom stereocenters. The molecule has 1 saturated heterocycles. The lowest BCUT2D eigenvalue weighted by Crippen LogP contribution is -3.15. The van der Waals surface area contributed by atoms with Crippen LogP contribution in [0.25, 0.3) is 0 Å². The molecule has 1 fully saturated rings. The van der Waals surface area contributed by atoms with Gasteiger partial charge in [-0.15, -0.1) is 11.3 Å². The third-order valence-corrected chi connectivity index (χ3v) is 5.36. The molecule has 3 heterocycles. The van der Waals surface area contributed by atoms with E-state index in [2.05, 4.69) is 10.3 Å². The number of halogens is 3. The maximum atomic E-state index is 12.6. The topological polar surface area (TPSA) is 94.0 Å². The summed E-state index contributed by atoms with van der Waals surface area (Å²) in [5, 5.41) is 4.84. The van der Waals surface area contributed by atoms with Gasteiger partial charge < -0.3 is 16.0 Å². The number of anilines is 2. The van der Waals surface area contributed by atoms with Crippen LogP contribution in [0.3, 0.4) is 0 Å². The molecule has 2 amide bonds. The number of nitrogens with two attached hydrogens (primary N) is 1. The van der Waals surface area contributed by atoms with Gasteiger partial charge >= 0.3 is 6.18 Å². The maximum Gasteiger partial charge on any atom is 0.419 e. The second-order valence-corrected chi connectivity index (χ2v) is 7.37. The van der Waals surface area contributed by atoms with Gasteiger partial charge in [-0.05, 0) is 17.5 Å². The summed E-state index contributed by atoms with van der Waals surface area (Å²) in [7, 11) is 0. The third-order valence-electron chi connectivity index (χ3n) is 4.53. The van der Waals surface area contributed by atoms with Gasteiger partial charge in [0, 0.05) is 6.07 Å². The number of nitrogens with one attached hydrogen (secondary N) is 3. The molecule has 0 spiro atoms. The molecular weight excluding hydrogens is 395 g/mol. The van der Waals surface area contributed by atoms with Crippen LogP contribution in [0, 0.1) is 0 Å². The van der Waals surface area contributed by atoms with Crippen LogP contribution in [0.5, 0.6) is 0 Å². The number of hydrogen-bond donors (Lipinski definition) is 3. The molecule has 0 radical (unpaired) electrons. The second kappa shape index (κ2) is 8.15. The smallest absolute Gasteiger partial charge is 0.366 e. The summed E-state index contributed by atoms with van der Waals surface area (Å²) in [6.07, 6.45) is -3.42. The van der Waals surface area contributed by atoms with Crippen molar-refractivity contribution in [2.45, 2.75) is 6.18 Å². The molecule has 0 saturated carbocycles. The number of amides is 2. The number of alkyl halides is 3. The molecular formula is C17H20F3N5O2S+2. The van der Waals surface area contributed by atoms with Crippen molar-refractivity contribution in [3.8, 4) is 0 Å². The minimum atomic E-state index is -4.37. The van der Waals surface area contributed by atoms with Gasteiger partial charge in [0.2, 0.25) is 0 Å². The van der Waals surface area contributed by atoms with Crippen LogP contribution in [0.2, 0.25) is 0 Å². The zero-order chi connectivity index (χ0) is 20.3. The first-order valence-corrected chi connectivity index (χ1v) is 9.46. The number of primary amides is 1. The van der Waals surface area contributed by atoms with Crippen LogP contribution >= 0.6 is 11.3 Å². The Balaban J connectivity index is 1.50. The van der Waals surface area contributed by atoms with Gasteiger partial charge in [0.05, 0.1) is 11.1 Å². The van der Waals surface area contributed by atoms with Crippen molar-refractivity contribution in [3.05, 3.63) is 40.9 Å². The van der Waals surface area contributed by atoms with Crippen LogP contribution in [-0.4, -0.2) is 44.5 Å². The number of rotatable bonds is 5. The number of aromatic nitrogens is 1. The van der Waals surface area contributed by atoms with Crippen molar-refractivity contribution in [3.63, 3.8) is 0 Å². The first kappa shape index (κ1) is 20.1. The Morgan fingerprint density at radius 1 is 1.25 bits per heavy atom. The normalized spacial score (nSPS) is 15.5. The highest BCUT2D eigenvalue weighted by atomic mass is 32.1. The van der Waals surface area contributed by atoms with Crippen LogP contribution in [0.4, 0.5) is 24.0 Å². The molecule has 5 N–H and O–H groups in total. The monoisotopic (exact) mass is 415 g/mol. The third kappa shape index (κ3) is 4.78. The summed E-state index contributed by atoms with van der Waals surface area (Å²) < 4.78 is 37.9. The fraction of sp³-hybridized carbons (Fsp3) is 0.353. The molecule has 0 bridgehead atoms. The molecule has 2 aromatic heterocycles. The van der Waals surface area contributed by atoms with Gasteiger partial charge in [-0.2, -0.15) is 13.2 Å². The summed E-state index contributed by atoms with van der Waals surface area (Å²) in [6.45, 7) is 2.78. The Morgan fingerprint density at radius 3 is 2.54 bits per heavy atom. The number of aromatic amines is 1. The standard InChI is InChI=1S/C17H18F3N5O2S/c18-17(19,20)11-1-2-13(22-9-11)25-6-4-24(5-7-25)10-14(26)23-16-12(15(21)27)3-8-28-16/h1-3,8-9H,4-7,10H2,(H2,21,27)(H,23,26)/p+2. The molecule has 0 aromatic carbocycles. The number of carbonyl (C=O) groups excluding carboxylic acids is 2. The Labute approximate surface area is 162 Å². The van der Waals surface area contributed by atoms with Crippen LogP contribution in [0.15, 0.2) is 29.8 Å². The molecule has 1 aliphatic heterocycles. The van der Waals surface area contributed by atoms with E-state index in [0.29, 0.717) is 37.0 Å². The molecule has 0 unspecified atom stereocenters. The van der Waals surface area contributed by atoms with E-state index in [0.717, 1.165) is 17.2 Å². The first-order valence-electron chi connectivity index (χ1n) is 8.58. The SMILES string of the molecule is NC(=O)c1ccsc1NC(=O)C[NH+]1CCN(c2ccc(C(F)(F)F)c[nH+]2)CC1. The van der Waals surface area contributed by atoms with E-state index in [4.69, 9.17) is 5.73 Å². The predicted octanol–water partition coefficient (Wildman–Crippen LogP) is 0.0235. The number of hydrogen-bond acceptors (Lipinski definition) is 4. The zero-order valence-corrected chi connectivity index (χ0v) is 15.6. The van der Waals surface area contributed by atoms with E-state index in [9.17, 15) is 22.8 Å². The van der Waals surface area contributed by atoms with E-state index in [1.165, 1.54) is 17.4 Å². The minimum Gasteiger partial charge on any atom is -0.366 e. The molecule has 11 heteroatoms. The Morgan fingerprint density at radius 2 is 1.96 bits per heavy atom. The van der Waals surface area contributed by atoms with E-state index in [-0.39, 0.29) is 18.0 Å².